The van der Waals surface area contributed by atoms with Gasteiger partial charge in [0.2, 0.25) is 0 Å². The molecule has 120 valence electrons. The van der Waals surface area contributed by atoms with Crippen molar-refractivity contribution in [3.63, 3.8) is 0 Å². The number of sulfone groups is 1. The number of ether oxygens (including phenoxy) is 1. The maximum absolute atomic E-state index is 12.3. The molecule has 0 aliphatic carbocycles. The molecule has 0 aromatic heterocycles. The van der Waals surface area contributed by atoms with E-state index in [1.165, 1.54) is 0 Å². The molecule has 0 amide bonds. The van der Waals surface area contributed by atoms with Crippen LogP contribution in [0.1, 0.15) is 44.7 Å². The standard InChI is InChI=1S/C16H27NO3S/c1-4-6-9-12-21(18,19)13-15(17-5-2)14-10-7-8-11-16(14)20-3/h7-8,10-11,15,17H,4-6,9,12-13H2,1-3H3. The summed E-state index contributed by atoms with van der Waals surface area (Å²) < 4.78 is 29.9. The molecule has 0 aliphatic rings. The van der Waals surface area contributed by atoms with Crippen LogP contribution in [0, 0.1) is 0 Å². The van der Waals surface area contributed by atoms with Crippen molar-refractivity contribution in [3.05, 3.63) is 29.8 Å². The van der Waals surface area contributed by atoms with E-state index in [0.717, 1.165) is 30.6 Å². The predicted molar refractivity (Wildman–Crippen MR) is 87.6 cm³/mol. The average molecular weight is 313 g/mol. The molecule has 1 unspecified atom stereocenters. The summed E-state index contributed by atoms with van der Waals surface area (Å²) in [7, 11) is -1.46. The number of para-hydroxylation sites is 1. The zero-order chi connectivity index (χ0) is 15.7. The molecule has 0 radical (unpaired) electrons. The van der Waals surface area contributed by atoms with Gasteiger partial charge in [0.1, 0.15) is 5.75 Å². The summed E-state index contributed by atoms with van der Waals surface area (Å²) in [4.78, 5) is 0. The van der Waals surface area contributed by atoms with E-state index in [1.807, 2.05) is 31.2 Å². The monoisotopic (exact) mass is 313 g/mol. The zero-order valence-corrected chi connectivity index (χ0v) is 14.1. The summed E-state index contributed by atoms with van der Waals surface area (Å²) in [6.07, 6.45) is 2.72. The molecule has 4 nitrogen and oxygen atoms in total. The summed E-state index contributed by atoms with van der Waals surface area (Å²) in [5.74, 6) is 1.11. The zero-order valence-electron chi connectivity index (χ0n) is 13.3. The minimum absolute atomic E-state index is 0.116. The van der Waals surface area contributed by atoms with E-state index in [-0.39, 0.29) is 17.5 Å². The Balaban J connectivity index is 2.86. The number of unbranched alkanes of at least 4 members (excludes halogenated alkanes) is 2. The van der Waals surface area contributed by atoms with Crippen LogP contribution < -0.4 is 10.1 Å². The molecule has 1 atom stereocenters. The largest absolute Gasteiger partial charge is 0.496 e. The van der Waals surface area contributed by atoms with Gasteiger partial charge in [-0.2, -0.15) is 0 Å². The molecule has 0 fully saturated rings. The number of hydrogen-bond acceptors (Lipinski definition) is 4. The molecule has 5 heteroatoms. The number of benzene rings is 1. The summed E-state index contributed by atoms with van der Waals surface area (Å²) in [5.41, 5.74) is 0.904. The fourth-order valence-electron chi connectivity index (χ4n) is 2.37. The highest BCUT2D eigenvalue weighted by molar-refractivity contribution is 7.91. The van der Waals surface area contributed by atoms with Crippen LogP contribution in [-0.2, 0) is 9.84 Å². The van der Waals surface area contributed by atoms with Crippen LogP contribution in [0.3, 0.4) is 0 Å². The minimum atomic E-state index is -3.07. The first-order valence-corrected chi connectivity index (χ1v) is 9.43. The first-order chi connectivity index (χ1) is 10.0. The van der Waals surface area contributed by atoms with Gasteiger partial charge in [0.25, 0.3) is 0 Å². The topological polar surface area (TPSA) is 55.4 Å². The maximum atomic E-state index is 12.3. The lowest BCUT2D eigenvalue weighted by molar-refractivity contribution is 0.402. The quantitative estimate of drug-likeness (QED) is 0.675. The van der Waals surface area contributed by atoms with Gasteiger partial charge in [-0.05, 0) is 19.0 Å². The third kappa shape index (κ3) is 6.06. The average Bonchev–Trinajstić information content (AvgIpc) is 2.46. The van der Waals surface area contributed by atoms with Gasteiger partial charge in [0, 0.05) is 11.6 Å². The second kappa shape index (κ2) is 9.05. The maximum Gasteiger partial charge on any atom is 0.152 e. The number of rotatable bonds is 10. The van der Waals surface area contributed by atoms with E-state index < -0.39 is 9.84 Å². The first-order valence-electron chi connectivity index (χ1n) is 7.60. The number of hydrogen-bond donors (Lipinski definition) is 1. The summed E-state index contributed by atoms with van der Waals surface area (Å²) in [5, 5.41) is 3.26. The van der Waals surface area contributed by atoms with Crippen LogP contribution >= 0.6 is 0 Å². The molecule has 0 bridgehead atoms. The molecule has 0 aliphatic heterocycles. The van der Waals surface area contributed by atoms with Crippen LogP contribution in [0.25, 0.3) is 0 Å². The van der Waals surface area contributed by atoms with Crippen molar-refractivity contribution < 1.29 is 13.2 Å². The molecule has 1 aromatic carbocycles. The molecular formula is C16H27NO3S. The van der Waals surface area contributed by atoms with Crippen molar-refractivity contribution in [1.82, 2.24) is 5.32 Å². The third-order valence-electron chi connectivity index (χ3n) is 3.44. The van der Waals surface area contributed by atoms with E-state index >= 15 is 0 Å². The Hall–Kier alpha value is -1.07. The Labute approximate surface area is 128 Å². The Morgan fingerprint density at radius 1 is 1.19 bits per heavy atom. The van der Waals surface area contributed by atoms with Gasteiger partial charge in [-0.15, -0.1) is 0 Å². The van der Waals surface area contributed by atoms with Crippen LogP contribution in [0.15, 0.2) is 24.3 Å². The first kappa shape index (κ1) is 18.0. The van der Waals surface area contributed by atoms with Gasteiger partial charge < -0.3 is 10.1 Å². The lowest BCUT2D eigenvalue weighted by Crippen LogP contribution is -2.29. The predicted octanol–water partition coefficient (Wildman–Crippen LogP) is 2.95. The lowest BCUT2D eigenvalue weighted by Gasteiger charge is -2.20. The fraction of sp³-hybridized carbons (Fsp3) is 0.625. The van der Waals surface area contributed by atoms with Crippen molar-refractivity contribution in [3.8, 4) is 5.75 Å². The Kier molecular flexibility index (Phi) is 7.75. The van der Waals surface area contributed by atoms with E-state index in [2.05, 4.69) is 12.2 Å². The highest BCUT2D eigenvalue weighted by Gasteiger charge is 2.22. The van der Waals surface area contributed by atoms with Crippen LogP contribution in [0.5, 0.6) is 5.75 Å². The van der Waals surface area contributed by atoms with Crippen molar-refractivity contribution in [2.75, 3.05) is 25.2 Å². The molecule has 0 heterocycles. The van der Waals surface area contributed by atoms with Crippen LogP contribution in [0.4, 0.5) is 0 Å². The normalized spacial score (nSPS) is 13.1. The third-order valence-corrected chi connectivity index (χ3v) is 5.20. The summed E-state index contributed by atoms with van der Waals surface area (Å²) in [6.45, 7) is 4.77. The SMILES string of the molecule is CCCCCS(=O)(=O)CC(NCC)c1ccccc1OC. The smallest absolute Gasteiger partial charge is 0.152 e. The summed E-state index contributed by atoms with van der Waals surface area (Å²) in [6, 6.07) is 7.36. The van der Waals surface area contributed by atoms with Gasteiger partial charge in [-0.1, -0.05) is 44.9 Å². The van der Waals surface area contributed by atoms with Crippen molar-refractivity contribution in [1.29, 1.82) is 0 Å². The second-order valence-corrected chi connectivity index (χ2v) is 7.40. The summed E-state index contributed by atoms with van der Waals surface area (Å²) >= 11 is 0. The van der Waals surface area contributed by atoms with Gasteiger partial charge in [-0.25, -0.2) is 8.42 Å². The van der Waals surface area contributed by atoms with E-state index in [9.17, 15) is 8.42 Å². The van der Waals surface area contributed by atoms with Crippen molar-refractivity contribution in [2.24, 2.45) is 0 Å². The molecule has 0 saturated heterocycles. The molecule has 0 saturated carbocycles. The molecule has 1 rings (SSSR count). The van der Waals surface area contributed by atoms with E-state index in [1.54, 1.807) is 7.11 Å². The Morgan fingerprint density at radius 3 is 2.52 bits per heavy atom. The van der Waals surface area contributed by atoms with E-state index in [4.69, 9.17) is 4.74 Å². The molecular weight excluding hydrogens is 286 g/mol. The molecule has 0 spiro atoms. The molecule has 21 heavy (non-hydrogen) atoms. The Morgan fingerprint density at radius 2 is 1.90 bits per heavy atom. The highest BCUT2D eigenvalue weighted by atomic mass is 32.2. The van der Waals surface area contributed by atoms with Crippen molar-refractivity contribution >= 4 is 9.84 Å². The lowest BCUT2D eigenvalue weighted by atomic mass is 10.1. The van der Waals surface area contributed by atoms with Gasteiger partial charge >= 0.3 is 0 Å². The minimum Gasteiger partial charge on any atom is -0.496 e. The molecule has 1 N–H and O–H groups in total. The van der Waals surface area contributed by atoms with E-state index in [0.29, 0.717) is 6.54 Å². The van der Waals surface area contributed by atoms with Gasteiger partial charge in [-0.3, -0.25) is 0 Å². The number of nitrogens with one attached hydrogen (secondary N) is 1. The molecule has 1 aromatic rings. The van der Waals surface area contributed by atoms with Crippen molar-refractivity contribution in [2.45, 2.75) is 39.2 Å². The second-order valence-electron chi connectivity index (χ2n) is 5.17. The van der Waals surface area contributed by atoms with Crippen LogP contribution in [0.2, 0.25) is 0 Å². The number of methoxy groups -OCH3 is 1. The van der Waals surface area contributed by atoms with Gasteiger partial charge in [0.05, 0.1) is 18.6 Å². The van der Waals surface area contributed by atoms with Gasteiger partial charge in [0.15, 0.2) is 9.84 Å². The highest BCUT2D eigenvalue weighted by Crippen LogP contribution is 2.26. The fourth-order valence-corrected chi connectivity index (χ4v) is 3.98. The van der Waals surface area contributed by atoms with Crippen LogP contribution in [-0.4, -0.2) is 33.6 Å². The Bertz CT molecular complexity index is 514.